The minimum Gasteiger partial charge on any atom is -0.382 e. The minimum atomic E-state index is -0.420. The van der Waals surface area contributed by atoms with E-state index < -0.39 is 5.82 Å². The molecular weight excluding hydrogens is 267 g/mol. The monoisotopic (exact) mass is 286 g/mol. The highest BCUT2D eigenvalue weighted by atomic mass is 19.1. The number of hydrogen-bond donors (Lipinski definition) is 2. The van der Waals surface area contributed by atoms with Crippen molar-refractivity contribution >= 4 is 11.6 Å². The molecule has 2 N–H and O–H groups in total. The summed E-state index contributed by atoms with van der Waals surface area (Å²) in [6, 6.07) is 14.0. The number of benzene rings is 2. The van der Waals surface area contributed by atoms with Gasteiger partial charge in [0, 0.05) is 6.54 Å². The van der Waals surface area contributed by atoms with E-state index in [1.807, 2.05) is 44.2 Å². The van der Waals surface area contributed by atoms with Crippen LogP contribution in [0.1, 0.15) is 35.8 Å². The van der Waals surface area contributed by atoms with E-state index in [9.17, 15) is 9.18 Å². The van der Waals surface area contributed by atoms with Gasteiger partial charge in [0.05, 0.1) is 17.3 Å². The van der Waals surface area contributed by atoms with Crippen LogP contribution in [-0.4, -0.2) is 12.5 Å². The third-order valence-electron chi connectivity index (χ3n) is 3.26. The normalized spacial score (nSPS) is 11.8. The highest BCUT2D eigenvalue weighted by Crippen LogP contribution is 2.21. The van der Waals surface area contributed by atoms with Gasteiger partial charge >= 0.3 is 0 Å². The third-order valence-corrected chi connectivity index (χ3v) is 3.26. The van der Waals surface area contributed by atoms with Crippen LogP contribution in [0.2, 0.25) is 0 Å². The molecule has 3 nitrogen and oxygen atoms in total. The molecule has 0 fully saturated rings. The molecular formula is C17H19FN2O. The fourth-order valence-corrected chi connectivity index (χ4v) is 2.17. The molecule has 0 saturated carbocycles. The topological polar surface area (TPSA) is 41.1 Å². The lowest BCUT2D eigenvalue weighted by Gasteiger charge is -2.16. The molecule has 2 aromatic rings. The number of rotatable bonds is 5. The number of halogens is 1. The van der Waals surface area contributed by atoms with Crippen LogP contribution in [-0.2, 0) is 0 Å². The first-order valence-electron chi connectivity index (χ1n) is 7.01. The first-order chi connectivity index (χ1) is 10.1. The van der Waals surface area contributed by atoms with Gasteiger partial charge in [0.2, 0.25) is 0 Å². The van der Waals surface area contributed by atoms with E-state index in [-0.39, 0.29) is 17.6 Å². The molecule has 0 spiro atoms. The van der Waals surface area contributed by atoms with Gasteiger partial charge in [-0.25, -0.2) is 4.39 Å². The molecule has 0 aliphatic carbocycles. The maximum Gasteiger partial charge on any atom is 0.253 e. The van der Waals surface area contributed by atoms with Gasteiger partial charge in [0.15, 0.2) is 0 Å². The first kappa shape index (κ1) is 15.0. The van der Waals surface area contributed by atoms with Crippen molar-refractivity contribution in [2.75, 3.05) is 11.9 Å². The molecule has 1 unspecified atom stereocenters. The Morgan fingerprint density at radius 2 is 1.86 bits per heavy atom. The van der Waals surface area contributed by atoms with Gasteiger partial charge in [-0.1, -0.05) is 36.4 Å². The van der Waals surface area contributed by atoms with Crippen LogP contribution >= 0.6 is 0 Å². The lowest BCUT2D eigenvalue weighted by atomic mass is 10.1. The number of carbonyl (C=O) groups is 1. The number of para-hydroxylation sites is 1. The zero-order valence-corrected chi connectivity index (χ0v) is 12.2. The minimum absolute atomic E-state index is 0.142. The van der Waals surface area contributed by atoms with Crippen molar-refractivity contribution < 1.29 is 9.18 Å². The molecule has 0 aliphatic heterocycles. The fourth-order valence-electron chi connectivity index (χ4n) is 2.17. The van der Waals surface area contributed by atoms with Gasteiger partial charge in [-0.05, 0) is 31.5 Å². The first-order valence-corrected chi connectivity index (χ1v) is 7.01. The van der Waals surface area contributed by atoms with Crippen LogP contribution in [0.3, 0.4) is 0 Å². The Hall–Kier alpha value is -2.36. The molecule has 0 aliphatic rings. The van der Waals surface area contributed by atoms with Crippen molar-refractivity contribution in [3.05, 3.63) is 65.5 Å². The predicted molar refractivity (Wildman–Crippen MR) is 82.9 cm³/mol. The lowest BCUT2D eigenvalue weighted by Crippen LogP contribution is -2.27. The van der Waals surface area contributed by atoms with E-state index in [0.717, 1.165) is 5.56 Å². The van der Waals surface area contributed by atoms with Gasteiger partial charge in [0.25, 0.3) is 5.91 Å². The summed E-state index contributed by atoms with van der Waals surface area (Å²) in [6.07, 6.45) is 0. The molecule has 4 heteroatoms. The highest BCUT2D eigenvalue weighted by molar-refractivity contribution is 5.99. The Kier molecular flexibility index (Phi) is 4.93. The predicted octanol–water partition coefficient (Wildman–Crippen LogP) is 3.75. The zero-order valence-electron chi connectivity index (χ0n) is 12.2. The maximum absolute atomic E-state index is 13.8. The van der Waals surface area contributed by atoms with Crippen LogP contribution in [0.4, 0.5) is 10.1 Å². The Bertz CT molecular complexity index is 613. The second-order valence-corrected chi connectivity index (χ2v) is 4.80. The largest absolute Gasteiger partial charge is 0.382 e. The Labute approximate surface area is 124 Å². The number of nitrogens with one attached hydrogen (secondary N) is 2. The summed E-state index contributed by atoms with van der Waals surface area (Å²) >= 11 is 0. The summed E-state index contributed by atoms with van der Waals surface area (Å²) in [4.78, 5) is 12.4. The summed E-state index contributed by atoms with van der Waals surface area (Å²) in [5.41, 5.74) is 1.57. The van der Waals surface area contributed by atoms with Crippen LogP contribution in [0.15, 0.2) is 48.5 Å². The number of anilines is 1. The summed E-state index contributed by atoms with van der Waals surface area (Å²) in [7, 11) is 0. The number of carbonyl (C=O) groups excluding carboxylic acids is 1. The van der Waals surface area contributed by atoms with Crippen LogP contribution < -0.4 is 10.6 Å². The van der Waals surface area contributed by atoms with Crippen molar-refractivity contribution in [1.82, 2.24) is 5.32 Å². The summed E-state index contributed by atoms with van der Waals surface area (Å²) in [5, 5.41) is 5.80. The molecule has 0 heterocycles. The lowest BCUT2D eigenvalue weighted by molar-refractivity contribution is 0.0940. The molecule has 0 saturated heterocycles. The SMILES string of the molecule is CCNc1c(F)cccc1C(=O)NC(C)c1ccccc1. The summed E-state index contributed by atoms with van der Waals surface area (Å²) in [6.45, 7) is 4.32. The highest BCUT2D eigenvalue weighted by Gasteiger charge is 2.16. The van der Waals surface area contributed by atoms with Crippen LogP contribution in [0.5, 0.6) is 0 Å². The molecule has 2 rings (SSSR count). The standard InChI is InChI=1S/C17H19FN2O/c1-3-19-16-14(10-7-11-15(16)18)17(21)20-12(2)13-8-5-4-6-9-13/h4-12,19H,3H2,1-2H3,(H,20,21). The molecule has 1 atom stereocenters. The van der Waals surface area contributed by atoms with Gasteiger partial charge in [-0.15, -0.1) is 0 Å². The van der Waals surface area contributed by atoms with Gasteiger partial charge < -0.3 is 10.6 Å². The zero-order chi connectivity index (χ0) is 15.2. The van der Waals surface area contributed by atoms with Crippen molar-refractivity contribution in [3.8, 4) is 0 Å². The van der Waals surface area contributed by atoms with Gasteiger partial charge in [0.1, 0.15) is 5.82 Å². The van der Waals surface area contributed by atoms with Gasteiger partial charge in [-0.2, -0.15) is 0 Å². The number of hydrogen-bond acceptors (Lipinski definition) is 2. The van der Waals surface area contributed by atoms with E-state index in [2.05, 4.69) is 10.6 Å². The Morgan fingerprint density at radius 3 is 2.52 bits per heavy atom. The number of amides is 1. The van der Waals surface area contributed by atoms with E-state index >= 15 is 0 Å². The molecule has 110 valence electrons. The van der Waals surface area contributed by atoms with Crippen molar-refractivity contribution in [3.63, 3.8) is 0 Å². The smallest absolute Gasteiger partial charge is 0.253 e. The van der Waals surface area contributed by atoms with Crippen LogP contribution in [0.25, 0.3) is 0 Å². The molecule has 0 aromatic heterocycles. The Balaban J connectivity index is 2.19. The van der Waals surface area contributed by atoms with Crippen LogP contribution in [0, 0.1) is 5.82 Å². The second kappa shape index (κ2) is 6.88. The fraction of sp³-hybridized carbons (Fsp3) is 0.235. The second-order valence-electron chi connectivity index (χ2n) is 4.80. The van der Waals surface area contributed by atoms with E-state index in [1.54, 1.807) is 6.07 Å². The average molecular weight is 286 g/mol. The van der Waals surface area contributed by atoms with Crippen molar-refractivity contribution in [1.29, 1.82) is 0 Å². The summed E-state index contributed by atoms with van der Waals surface area (Å²) < 4.78 is 13.8. The average Bonchev–Trinajstić information content (AvgIpc) is 2.50. The van der Waals surface area contributed by atoms with Gasteiger partial charge in [-0.3, -0.25) is 4.79 Å². The quantitative estimate of drug-likeness (QED) is 0.879. The van der Waals surface area contributed by atoms with E-state index in [0.29, 0.717) is 12.1 Å². The van der Waals surface area contributed by atoms with Crippen molar-refractivity contribution in [2.45, 2.75) is 19.9 Å². The maximum atomic E-state index is 13.8. The third kappa shape index (κ3) is 3.60. The molecule has 1 amide bonds. The molecule has 21 heavy (non-hydrogen) atoms. The Morgan fingerprint density at radius 1 is 1.14 bits per heavy atom. The summed E-state index contributed by atoms with van der Waals surface area (Å²) in [5.74, 6) is -0.710. The van der Waals surface area contributed by atoms with E-state index in [4.69, 9.17) is 0 Å². The van der Waals surface area contributed by atoms with Crippen molar-refractivity contribution in [2.24, 2.45) is 0 Å². The molecule has 0 radical (unpaired) electrons. The molecule has 0 bridgehead atoms. The molecule has 2 aromatic carbocycles. The van der Waals surface area contributed by atoms with E-state index in [1.165, 1.54) is 12.1 Å².